The molecule has 1 atom stereocenters. The average molecular weight is 312 g/mol. The van der Waals surface area contributed by atoms with Crippen molar-refractivity contribution < 1.29 is 9.53 Å². The summed E-state index contributed by atoms with van der Waals surface area (Å²) >= 11 is 1.36. The van der Waals surface area contributed by atoms with Gasteiger partial charge in [-0.3, -0.25) is 4.79 Å². The zero-order valence-corrected chi connectivity index (χ0v) is 13.7. The summed E-state index contributed by atoms with van der Waals surface area (Å²) in [5, 5.41) is 3.80. The SMILES string of the molecule is CC(C)CC(C)NC(=O)c1sc(N2CCOCC2)nc1N. The number of carbonyl (C=O) groups excluding carboxylic acids is 1. The minimum atomic E-state index is -0.127. The highest BCUT2D eigenvalue weighted by Gasteiger charge is 2.22. The van der Waals surface area contributed by atoms with Crippen LogP contribution in [0, 0.1) is 5.92 Å². The number of aromatic nitrogens is 1. The third kappa shape index (κ3) is 4.31. The first kappa shape index (κ1) is 16.0. The number of hydrogen-bond donors (Lipinski definition) is 2. The molecule has 0 bridgehead atoms. The number of thiazole rings is 1. The van der Waals surface area contributed by atoms with Gasteiger partial charge in [-0.1, -0.05) is 25.2 Å². The van der Waals surface area contributed by atoms with Crippen LogP contribution in [0.1, 0.15) is 36.9 Å². The predicted octanol–water partition coefficient (Wildman–Crippen LogP) is 1.73. The first-order chi connectivity index (χ1) is 9.97. The average Bonchev–Trinajstić information content (AvgIpc) is 2.81. The lowest BCUT2D eigenvalue weighted by atomic mass is 10.1. The molecule has 0 aliphatic carbocycles. The minimum Gasteiger partial charge on any atom is -0.382 e. The van der Waals surface area contributed by atoms with Gasteiger partial charge in [-0.05, 0) is 19.3 Å². The van der Waals surface area contributed by atoms with Crippen molar-refractivity contribution in [3.8, 4) is 0 Å². The number of hydrogen-bond acceptors (Lipinski definition) is 6. The highest BCUT2D eigenvalue weighted by molar-refractivity contribution is 7.18. The van der Waals surface area contributed by atoms with Crippen LogP contribution < -0.4 is 16.0 Å². The highest BCUT2D eigenvalue weighted by atomic mass is 32.1. The summed E-state index contributed by atoms with van der Waals surface area (Å²) < 4.78 is 5.32. The van der Waals surface area contributed by atoms with Gasteiger partial charge in [-0.15, -0.1) is 0 Å². The first-order valence-electron chi connectivity index (χ1n) is 7.37. The molecular weight excluding hydrogens is 288 g/mol. The number of ether oxygens (including phenoxy) is 1. The molecule has 0 aromatic carbocycles. The second-order valence-electron chi connectivity index (χ2n) is 5.81. The van der Waals surface area contributed by atoms with E-state index in [0.717, 1.165) is 24.6 Å². The van der Waals surface area contributed by atoms with Crippen LogP contribution in [0.5, 0.6) is 0 Å². The maximum Gasteiger partial charge on any atom is 0.265 e. The molecule has 118 valence electrons. The van der Waals surface area contributed by atoms with E-state index in [-0.39, 0.29) is 11.9 Å². The van der Waals surface area contributed by atoms with Crippen molar-refractivity contribution in [1.82, 2.24) is 10.3 Å². The predicted molar refractivity (Wildman–Crippen MR) is 85.9 cm³/mol. The molecule has 1 aliphatic rings. The van der Waals surface area contributed by atoms with Crippen LogP contribution in [0.3, 0.4) is 0 Å². The molecule has 1 aromatic heterocycles. The second kappa shape index (κ2) is 7.09. The molecule has 1 fully saturated rings. The zero-order valence-electron chi connectivity index (χ0n) is 12.9. The molecule has 1 amide bonds. The number of nitrogens with two attached hydrogens (primary N) is 1. The molecule has 2 heterocycles. The molecule has 21 heavy (non-hydrogen) atoms. The molecule has 1 aromatic rings. The molecule has 3 N–H and O–H groups in total. The van der Waals surface area contributed by atoms with Crippen LogP contribution in [0.25, 0.3) is 0 Å². The monoisotopic (exact) mass is 312 g/mol. The van der Waals surface area contributed by atoms with E-state index in [0.29, 0.717) is 29.8 Å². The van der Waals surface area contributed by atoms with Gasteiger partial charge in [0.1, 0.15) is 10.7 Å². The first-order valence-corrected chi connectivity index (χ1v) is 8.19. The largest absolute Gasteiger partial charge is 0.382 e. The van der Waals surface area contributed by atoms with Crippen LogP contribution in [0.4, 0.5) is 10.9 Å². The molecule has 6 nitrogen and oxygen atoms in total. The zero-order chi connectivity index (χ0) is 15.4. The lowest BCUT2D eigenvalue weighted by Crippen LogP contribution is -2.36. The highest BCUT2D eigenvalue weighted by Crippen LogP contribution is 2.28. The topological polar surface area (TPSA) is 80.5 Å². The summed E-state index contributed by atoms with van der Waals surface area (Å²) in [5.74, 6) is 0.733. The fourth-order valence-electron chi connectivity index (χ4n) is 2.43. The Bertz CT molecular complexity index is 483. The lowest BCUT2D eigenvalue weighted by molar-refractivity contribution is 0.0941. The number of nitrogens with one attached hydrogen (secondary N) is 1. The molecule has 0 spiro atoms. The smallest absolute Gasteiger partial charge is 0.265 e. The molecule has 1 unspecified atom stereocenters. The quantitative estimate of drug-likeness (QED) is 0.865. The summed E-state index contributed by atoms with van der Waals surface area (Å²) in [6.07, 6.45) is 0.945. The maximum atomic E-state index is 12.3. The van der Waals surface area contributed by atoms with Crippen LogP contribution in [-0.2, 0) is 4.74 Å². The number of morpholine rings is 1. The van der Waals surface area contributed by atoms with Crippen molar-refractivity contribution >= 4 is 28.2 Å². The molecule has 1 aliphatic heterocycles. The number of nitrogen functional groups attached to an aromatic ring is 1. The Balaban J connectivity index is 2.02. The number of nitrogens with zero attached hydrogens (tertiary/aromatic N) is 2. The van der Waals surface area contributed by atoms with Gasteiger partial charge in [0.25, 0.3) is 5.91 Å². The number of amides is 1. The molecule has 0 radical (unpaired) electrons. The third-order valence-corrected chi connectivity index (χ3v) is 4.46. The fraction of sp³-hybridized carbons (Fsp3) is 0.714. The Morgan fingerprint density at radius 1 is 1.43 bits per heavy atom. The van der Waals surface area contributed by atoms with E-state index >= 15 is 0 Å². The fourth-order valence-corrected chi connectivity index (χ4v) is 3.37. The van der Waals surface area contributed by atoms with Crippen LogP contribution in [-0.4, -0.2) is 43.2 Å². The van der Waals surface area contributed by atoms with E-state index < -0.39 is 0 Å². The van der Waals surface area contributed by atoms with E-state index in [1.165, 1.54) is 11.3 Å². The lowest BCUT2D eigenvalue weighted by Gasteiger charge is -2.25. The van der Waals surface area contributed by atoms with Crippen LogP contribution in [0.15, 0.2) is 0 Å². The van der Waals surface area contributed by atoms with E-state index in [1.807, 2.05) is 6.92 Å². The summed E-state index contributed by atoms with van der Waals surface area (Å²) in [6.45, 7) is 9.24. The van der Waals surface area contributed by atoms with Crippen molar-refractivity contribution in [2.75, 3.05) is 36.9 Å². The Kier molecular flexibility index (Phi) is 5.41. The van der Waals surface area contributed by atoms with Gasteiger partial charge in [0.2, 0.25) is 0 Å². The molecule has 1 saturated heterocycles. The molecule has 2 rings (SSSR count). The molecule has 7 heteroatoms. The second-order valence-corrected chi connectivity index (χ2v) is 6.79. The standard InChI is InChI=1S/C14H24N4O2S/c1-9(2)8-10(3)16-13(19)11-12(15)17-14(21-11)18-4-6-20-7-5-18/h9-10H,4-8,15H2,1-3H3,(H,16,19). The van der Waals surface area contributed by atoms with Gasteiger partial charge >= 0.3 is 0 Å². The van der Waals surface area contributed by atoms with Crippen molar-refractivity contribution in [2.45, 2.75) is 33.2 Å². The van der Waals surface area contributed by atoms with Crippen LogP contribution >= 0.6 is 11.3 Å². The van der Waals surface area contributed by atoms with Crippen LogP contribution in [0.2, 0.25) is 0 Å². The van der Waals surface area contributed by atoms with Gasteiger partial charge in [-0.2, -0.15) is 0 Å². The molecule has 0 saturated carbocycles. The van der Waals surface area contributed by atoms with E-state index in [9.17, 15) is 4.79 Å². The minimum absolute atomic E-state index is 0.127. The van der Waals surface area contributed by atoms with E-state index in [4.69, 9.17) is 10.5 Å². The van der Waals surface area contributed by atoms with Crippen molar-refractivity contribution in [1.29, 1.82) is 0 Å². The summed E-state index contributed by atoms with van der Waals surface area (Å²) in [4.78, 5) is 19.2. The summed E-state index contributed by atoms with van der Waals surface area (Å²) in [5.41, 5.74) is 5.91. The van der Waals surface area contributed by atoms with E-state index in [1.54, 1.807) is 0 Å². The maximum absolute atomic E-state index is 12.3. The van der Waals surface area contributed by atoms with E-state index in [2.05, 4.69) is 29.0 Å². The number of anilines is 2. The number of carbonyl (C=O) groups is 1. The molecular formula is C14H24N4O2S. The Labute approximate surface area is 129 Å². The normalized spacial score (nSPS) is 17.0. The van der Waals surface area contributed by atoms with Gasteiger partial charge in [0.05, 0.1) is 13.2 Å². The summed E-state index contributed by atoms with van der Waals surface area (Å²) in [6, 6.07) is 0.130. The number of rotatable bonds is 5. The van der Waals surface area contributed by atoms with Gasteiger partial charge in [-0.25, -0.2) is 4.98 Å². The third-order valence-electron chi connectivity index (χ3n) is 3.33. The Hall–Kier alpha value is -1.34. The van der Waals surface area contributed by atoms with Gasteiger partial charge in [0.15, 0.2) is 5.13 Å². The Morgan fingerprint density at radius 2 is 2.10 bits per heavy atom. The summed E-state index contributed by atoms with van der Waals surface area (Å²) in [7, 11) is 0. The Morgan fingerprint density at radius 3 is 2.71 bits per heavy atom. The van der Waals surface area contributed by atoms with Crippen molar-refractivity contribution in [3.63, 3.8) is 0 Å². The van der Waals surface area contributed by atoms with Gasteiger partial charge in [0, 0.05) is 19.1 Å². The van der Waals surface area contributed by atoms with Gasteiger partial charge < -0.3 is 20.7 Å². The van der Waals surface area contributed by atoms with Crippen molar-refractivity contribution in [3.05, 3.63) is 4.88 Å². The van der Waals surface area contributed by atoms with Crippen molar-refractivity contribution in [2.24, 2.45) is 5.92 Å².